The molecule has 0 saturated heterocycles. The van der Waals surface area contributed by atoms with Gasteiger partial charge in [-0.1, -0.05) is 35.7 Å². The highest BCUT2D eigenvalue weighted by Gasteiger charge is 1.95. The van der Waals surface area contributed by atoms with Crippen LogP contribution in [0, 0.1) is 12.3 Å². The number of rotatable bonds is 3. The lowest BCUT2D eigenvalue weighted by Gasteiger charge is -2.07. The molecule has 0 atom stereocenters. The first-order chi connectivity index (χ1) is 8.28. The zero-order valence-corrected chi connectivity index (χ0v) is 10.0. The topological polar surface area (TPSA) is 12.0 Å². The molecular formula is C15H12ClN. The lowest BCUT2D eigenvalue weighted by Crippen LogP contribution is -1.99. The van der Waals surface area contributed by atoms with Crippen LogP contribution < -0.4 is 5.32 Å². The fourth-order valence-electron chi connectivity index (χ4n) is 1.53. The first-order valence-electron chi connectivity index (χ1n) is 5.33. The summed E-state index contributed by atoms with van der Waals surface area (Å²) in [6.45, 7) is 0.755. The lowest BCUT2D eigenvalue weighted by atomic mass is 10.2. The molecule has 0 unspecified atom stereocenters. The van der Waals surface area contributed by atoms with Crippen LogP contribution in [0.5, 0.6) is 0 Å². The maximum atomic E-state index is 5.83. The number of benzene rings is 2. The summed E-state index contributed by atoms with van der Waals surface area (Å²) in [6.07, 6.45) is 5.35. The minimum absolute atomic E-state index is 0.753. The summed E-state index contributed by atoms with van der Waals surface area (Å²) in [4.78, 5) is 0. The Labute approximate surface area is 106 Å². The number of nitrogens with one attached hydrogen (secondary N) is 1. The van der Waals surface area contributed by atoms with Gasteiger partial charge in [-0.15, -0.1) is 6.42 Å². The molecule has 0 fully saturated rings. The second kappa shape index (κ2) is 5.43. The highest BCUT2D eigenvalue weighted by Crippen LogP contribution is 2.13. The summed E-state index contributed by atoms with van der Waals surface area (Å²) in [5, 5.41) is 4.07. The second-order valence-electron chi connectivity index (χ2n) is 3.71. The predicted octanol–water partition coefficient (Wildman–Crippen LogP) is 3.93. The highest BCUT2D eigenvalue weighted by atomic mass is 35.5. The molecule has 0 spiro atoms. The van der Waals surface area contributed by atoms with Crippen LogP contribution in [0.2, 0.25) is 5.02 Å². The van der Waals surface area contributed by atoms with Crippen molar-refractivity contribution in [2.45, 2.75) is 6.54 Å². The Balaban J connectivity index is 2.02. The molecule has 2 aromatic rings. The molecule has 0 amide bonds. The van der Waals surface area contributed by atoms with Crippen LogP contribution in [0.1, 0.15) is 11.1 Å². The number of terminal acetylenes is 1. The minimum Gasteiger partial charge on any atom is -0.381 e. The quantitative estimate of drug-likeness (QED) is 0.803. The van der Waals surface area contributed by atoms with Gasteiger partial charge in [-0.25, -0.2) is 0 Å². The van der Waals surface area contributed by atoms with Gasteiger partial charge in [0.1, 0.15) is 0 Å². The van der Waals surface area contributed by atoms with Crippen LogP contribution in [-0.4, -0.2) is 0 Å². The van der Waals surface area contributed by atoms with Crippen molar-refractivity contribution in [3.05, 3.63) is 64.7 Å². The zero-order chi connectivity index (χ0) is 12.1. The van der Waals surface area contributed by atoms with Gasteiger partial charge < -0.3 is 5.32 Å². The molecule has 2 rings (SSSR count). The van der Waals surface area contributed by atoms with E-state index in [1.165, 1.54) is 5.56 Å². The maximum absolute atomic E-state index is 5.83. The molecule has 0 aliphatic carbocycles. The molecule has 1 N–H and O–H groups in total. The fraction of sp³-hybridized carbons (Fsp3) is 0.0667. The lowest BCUT2D eigenvalue weighted by molar-refractivity contribution is 1.15. The van der Waals surface area contributed by atoms with Gasteiger partial charge in [0.25, 0.3) is 0 Å². The van der Waals surface area contributed by atoms with Gasteiger partial charge in [0.2, 0.25) is 0 Å². The summed E-state index contributed by atoms with van der Waals surface area (Å²) >= 11 is 5.83. The first-order valence-corrected chi connectivity index (χ1v) is 5.71. The zero-order valence-electron chi connectivity index (χ0n) is 9.28. The fourth-order valence-corrected chi connectivity index (χ4v) is 1.65. The number of anilines is 1. The van der Waals surface area contributed by atoms with Crippen LogP contribution >= 0.6 is 11.6 Å². The third-order valence-corrected chi connectivity index (χ3v) is 2.69. The average molecular weight is 242 g/mol. The molecule has 0 radical (unpaired) electrons. The summed E-state index contributed by atoms with van der Waals surface area (Å²) in [5.74, 6) is 2.62. The van der Waals surface area contributed by atoms with Crippen LogP contribution in [0.4, 0.5) is 5.69 Å². The van der Waals surface area contributed by atoms with Gasteiger partial charge in [-0.3, -0.25) is 0 Å². The molecule has 0 aliphatic heterocycles. The summed E-state index contributed by atoms with van der Waals surface area (Å²) < 4.78 is 0. The standard InChI is InChI=1S/C15H12ClN/c1-2-12-4-3-5-15(10-12)17-11-13-6-8-14(16)9-7-13/h1,3-10,17H,11H2. The Morgan fingerprint density at radius 2 is 1.88 bits per heavy atom. The minimum atomic E-state index is 0.753. The Hall–Kier alpha value is -1.91. The van der Waals surface area contributed by atoms with Gasteiger partial charge in [-0.05, 0) is 35.9 Å². The van der Waals surface area contributed by atoms with E-state index >= 15 is 0 Å². The highest BCUT2D eigenvalue weighted by molar-refractivity contribution is 6.30. The van der Waals surface area contributed by atoms with Gasteiger partial charge in [0.05, 0.1) is 0 Å². The molecule has 84 valence electrons. The third-order valence-electron chi connectivity index (χ3n) is 2.44. The van der Waals surface area contributed by atoms with Crippen LogP contribution in [-0.2, 0) is 6.54 Å². The van der Waals surface area contributed by atoms with Crippen LogP contribution in [0.3, 0.4) is 0 Å². The number of hydrogen-bond donors (Lipinski definition) is 1. The van der Waals surface area contributed by atoms with E-state index in [9.17, 15) is 0 Å². The number of halogens is 1. The molecule has 2 heteroatoms. The Morgan fingerprint density at radius 1 is 1.12 bits per heavy atom. The van der Waals surface area contributed by atoms with Crippen molar-refractivity contribution in [3.63, 3.8) is 0 Å². The molecule has 2 aromatic carbocycles. The average Bonchev–Trinajstić information content (AvgIpc) is 2.38. The largest absolute Gasteiger partial charge is 0.381 e. The SMILES string of the molecule is C#Cc1cccc(NCc2ccc(Cl)cc2)c1. The van der Waals surface area contributed by atoms with E-state index < -0.39 is 0 Å². The van der Waals surface area contributed by atoms with E-state index in [1.807, 2.05) is 48.5 Å². The summed E-state index contributed by atoms with van der Waals surface area (Å²) in [6, 6.07) is 15.6. The van der Waals surface area contributed by atoms with E-state index in [2.05, 4.69) is 11.2 Å². The van der Waals surface area contributed by atoms with Gasteiger partial charge in [0.15, 0.2) is 0 Å². The Morgan fingerprint density at radius 3 is 2.59 bits per heavy atom. The second-order valence-corrected chi connectivity index (χ2v) is 4.14. The monoisotopic (exact) mass is 241 g/mol. The van der Waals surface area contributed by atoms with Gasteiger partial charge in [0, 0.05) is 22.8 Å². The van der Waals surface area contributed by atoms with Gasteiger partial charge in [-0.2, -0.15) is 0 Å². The van der Waals surface area contributed by atoms with Crippen molar-refractivity contribution in [2.24, 2.45) is 0 Å². The Bertz CT molecular complexity index is 538. The predicted molar refractivity (Wildman–Crippen MR) is 73.2 cm³/mol. The van der Waals surface area contributed by atoms with Crippen molar-refractivity contribution in [2.75, 3.05) is 5.32 Å². The molecule has 17 heavy (non-hydrogen) atoms. The molecule has 1 nitrogen and oxygen atoms in total. The van der Waals surface area contributed by atoms with Gasteiger partial charge >= 0.3 is 0 Å². The summed E-state index contributed by atoms with van der Waals surface area (Å²) in [7, 11) is 0. The van der Waals surface area contributed by atoms with E-state index in [0.717, 1.165) is 22.8 Å². The molecule has 0 aliphatic rings. The van der Waals surface area contributed by atoms with E-state index in [4.69, 9.17) is 18.0 Å². The molecular weight excluding hydrogens is 230 g/mol. The Kier molecular flexibility index (Phi) is 3.69. The maximum Gasteiger partial charge on any atom is 0.0406 e. The first kappa shape index (κ1) is 11.6. The molecule has 0 heterocycles. The van der Waals surface area contributed by atoms with E-state index in [1.54, 1.807) is 0 Å². The smallest absolute Gasteiger partial charge is 0.0406 e. The third kappa shape index (κ3) is 3.27. The number of hydrogen-bond acceptors (Lipinski definition) is 1. The van der Waals surface area contributed by atoms with Crippen molar-refractivity contribution in [1.29, 1.82) is 0 Å². The van der Waals surface area contributed by atoms with Crippen molar-refractivity contribution >= 4 is 17.3 Å². The van der Waals surface area contributed by atoms with E-state index in [0.29, 0.717) is 0 Å². The van der Waals surface area contributed by atoms with Crippen molar-refractivity contribution < 1.29 is 0 Å². The van der Waals surface area contributed by atoms with Crippen molar-refractivity contribution in [3.8, 4) is 12.3 Å². The van der Waals surface area contributed by atoms with E-state index in [-0.39, 0.29) is 0 Å². The van der Waals surface area contributed by atoms with Crippen molar-refractivity contribution in [1.82, 2.24) is 0 Å². The molecule has 0 saturated carbocycles. The normalized spacial score (nSPS) is 9.65. The van der Waals surface area contributed by atoms with Crippen LogP contribution in [0.15, 0.2) is 48.5 Å². The van der Waals surface area contributed by atoms with Crippen LogP contribution in [0.25, 0.3) is 0 Å². The molecule has 0 aromatic heterocycles. The summed E-state index contributed by atoms with van der Waals surface area (Å²) in [5.41, 5.74) is 3.09. The molecule has 0 bridgehead atoms.